The molecule has 3 heterocycles. The lowest BCUT2D eigenvalue weighted by Crippen LogP contribution is -2.03. The van der Waals surface area contributed by atoms with E-state index in [0.29, 0.717) is 11.3 Å². The number of aryl methyl sites for hydroxylation is 2. The summed E-state index contributed by atoms with van der Waals surface area (Å²) in [5.74, 6) is 0.543. The highest BCUT2D eigenvalue weighted by Crippen LogP contribution is 2.38. The van der Waals surface area contributed by atoms with Gasteiger partial charge in [-0.05, 0) is 44.0 Å². The third-order valence-corrected chi connectivity index (χ3v) is 4.89. The highest BCUT2D eigenvalue weighted by atomic mass is 16.5. The van der Waals surface area contributed by atoms with E-state index in [1.54, 1.807) is 13.3 Å². The van der Waals surface area contributed by atoms with E-state index in [9.17, 15) is 4.79 Å². The molecular formula is C21H22N4O2. The van der Waals surface area contributed by atoms with Crippen LogP contribution in [0.5, 0.6) is 5.75 Å². The Bertz CT molecular complexity index is 1070. The maximum absolute atomic E-state index is 12.6. The number of nitrogens with zero attached hydrogens (tertiary/aromatic N) is 2. The highest BCUT2D eigenvalue weighted by molar-refractivity contribution is 6.37. The number of benzene rings is 1. The van der Waals surface area contributed by atoms with Crippen molar-refractivity contribution in [2.45, 2.75) is 33.1 Å². The Morgan fingerprint density at radius 2 is 2.07 bits per heavy atom. The summed E-state index contributed by atoms with van der Waals surface area (Å²) in [7, 11) is 1.61. The minimum absolute atomic E-state index is 0.147. The number of H-pyrrole nitrogens is 1. The molecule has 6 heteroatoms. The van der Waals surface area contributed by atoms with Gasteiger partial charge in [0.15, 0.2) is 0 Å². The van der Waals surface area contributed by atoms with Crippen molar-refractivity contribution < 1.29 is 9.53 Å². The molecule has 2 N–H and O–H groups in total. The van der Waals surface area contributed by atoms with E-state index in [0.717, 1.165) is 58.6 Å². The number of hydrogen-bond donors (Lipinski definition) is 2. The van der Waals surface area contributed by atoms with Gasteiger partial charge in [-0.25, -0.2) is 9.97 Å². The molecule has 4 rings (SSSR count). The van der Waals surface area contributed by atoms with E-state index in [1.165, 1.54) is 0 Å². The van der Waals surface area contributed by atoms with Crippen LogP contribution in [-0.2, 0) is 11.2 Å². The zero-order chi connectivity index (χ0) is 19.0. The van der Waals surface area contributed by atoms with Crippen molar-refractivity contribution in [2.24, 2.45) is 0 Å². The van der Waals surface area contributed by atoms with Gasteiger partial charge in [0.1, 0.15) is 5.75 Å². The zero-order valence-corrected chi connectivity index (χ0v) is 15.7. The molecule has 3 aromatic rings. The molecule has 27 heavy (non-hydrogen) atoms. The molecule has 0 saturated carbocycles. The third kappa shape index (κ3) is 2.97. The van der Waals surface area contributed by atoms with Crippen LogP contribution in [0.25, 0.3) is 22.7 Å². The first-order chi connectivity index (χ1) is 13.1. The fourth-order valence-electron chi connectivity index (χ4n) is 3.45. The number of nitrogens with one attached hydrogen (secondary N) is 2. The van der Waals surface area contributed by atoms with Crippen LogP contribution in [0.4, 0.5) is 5.69 Å². The Labute approximate surface area is 157 Å². The van der Waals surface area contributed by atoms with Crippen molar-refractivity contribution in [3.05, 3.63) is 47.0 Å². The standard InChI is InChI=1S/C21H22N4O2/c1-4-5-6-14-12(2)23-16-8-7-15-19(20(16)24-14)13(21(26)25-15)11-17-18(27-3)9-10-22-17/h7-11,22H,4-6H2,1-3H3,(H,25,26). The minimum atomic E-state index is -0.147. The molecule has 0 fully saturated rings. The summed E-state index contributed by atoms with van der Waals surface area (Å²) in [5, 5.41) is 2.94. The van der Waals surface area contributed by atoms with Crippen LogP contribution < -0.4 is 10.1 Å². The Morgan fingerprint density at radius 3 is 2.85 bits per heavy atom. The largest absolute Gasteiger partial charge is 0.495 e. The minimum Gasteiger partial charge on any atom is -0.495 e. The van der Waals surface area contributed by atoms with E-state index in [4.69, 9.17) is 14.7 Å². The van der Waals surface area contributed by atoms with Crippen LogP contribution in [0, 0.1) is 6.92 Å². The van der Waals surface area contributed by atoms with Crippen LogP contribution in [-0.4, -0.2) is 28.0 Å². The summed E-state index contributed by atoms with van der Waals surface area (Å²) in [6, 6.07) is 5.63. The van der Waals surface area contributed by atoms with Crippen LogP contribution in [0.1, 0.15) is 42.4 Å². The number of unbranched alkanes of at least 4 members (excludes halogenated alkanes) is 1. The normalized spacial score (nSPS) is 14.6. The van der Waals surface area contributed by atoms with Gasteiger partial charge >= 0.3 is 0 Å². The fourth-order valence-corrected chi connectivity index (χ4v) is 3.45. The summed E-state index contributed by atoms with van der Waals surface area (Å²) >= 11 is 0. The molecule has 0 spiro atoms. The second kappa shape index (κ2) is 6.87. The van der Waals surface area contributed by atoms with Crippen LogP contribution in [0.3, 0.4) is 0 Å². The number of ether oxygens (including phenoxy) is 1. The summed E-state index contributed by atoms with van der Waals surface area (Å²) in [6.45, 7) is 4.16. The van der Waals surface area contributed by atoms with Gasteiger partial charge in [-0.2, -0.15) is 0 Å². The topological polar surface area (TPSA) is 79.9 Å². The van der Waals surface area contributed by atoms with Crippen LogP contribution in [0.15, 0.2) is 24.4 Å². The van der Waals surface area contributed by atoms with Gasteiger partial charge in [0.05, 0.1) is 46.5 Å². The summed E-state index contributed by atoms with van der Waals surface area (Å²) in [6.07, 6.45) is 6.65. The highest BCUT2D eigenvalue weighted by Gasteiger charge is 2.28. The predicted molar refractivity (Wildman–Crippen MR) is 107 cm³/mol. The van der Waals surface area contributed by atoms with E-state index in [1.807, 2.05) is 31.2 Å². The lowest BCUT2D eigenvalue weighted by molar-refractivity contribution is -0.110. The van der Waals surface area contributed by atoms with Crippen molar-refractivity contribution in [3.8, 4) is 5.75 Å². The van der Waals surface area contributed by atoms with E-state index < -0.39 is 0 Å². The molecular weight excluding hydrogens is 340 g/mol. The van der Waals surface area contributed by atoms with E-state index >= 15 is 0 Å². The molecule has 1 aromatic carbocycles. The number of methoxy groups -OCH3 is 1. The second-order valence-electron chi connectivity index (χ2n) is 6.69. The molecule has 1 aliphatic rings. The fraction of sp³-hybridized carbons (Fsp3) is 0.286. The first-order valence-electron chi connectivity index (χ1n) is 9.17. The molecule has 6 nitrogen and oxygen atoms in total. The maximum atomic E-state index is 12.6. The van der Waals surface area contributed by atoms with Gasteiger partial charge < -0.3 is 15.0 Å². The van der Waals surface area contributed by atoms with Gasteiger partial charge in [0.2, 0.25) is 0 Å². The number of aromatic nitrogens is 3. The summed E-state index contributed by atoms with van der Waals surface area (Å²) in [4.78, 5) is 25.4. The molecule has 2 aromatic heterocycles. The molecule has 1 aliphatic heterocycles. The predicted octanol–water partition coefficient (Wildman–Crippen LogP) is 4.11. The van der Waals surface area contributed by atoms with E-state index in [-0.39, 0.29) is 5.91 Å². The number of fused-ring (bicyclic) bond motifs is 3. The summed E-state index contributed by atoms with van der Waals surface area (Å²) in [5.41, 5.74) is 6.39. The number of hydrogen-bond acceptors (Lipinski definition) is 4. The molecule has 0 atom stereocenters. The molecule has 0 radical (unpaired) electrons. The van der Waals surface area contributed by atoms with Crippen molar-refractivity contribution >= 4 is 34.3 Å². The maximum Gasteiger partial charge on any atom is 0.256 e. The van der Waals surface area contributed by atoms with Gasteiger partial charge in [-0.1, -0.05) is 13.3 Å². The van der Waals surface area contributed by atoms with Crippen molar-refractivity contribution in [3.63, 3.8) is 0 Å². The number of rotatable bonds is 5. The average molecular weight is 362 g/mol. The lowest BCUT2D eigenvalue weighted by Gasteiger charge is -2.09. The van der Waals surface area contributed by atoms with Gasteiger partial charge in [0.25, 0.3) is 5.91 Å². The summed E-state index contributed by atoms with van der Waals surface area (Å²) < 4.78 is 5.35. The van der Waals surface area contributed by atoms with Gasteiger partial charge in [0, 0.05) is 11.8 Å². The first-order valence-corrected chi connectivity index (χ1v) is 9.17. The smallest absolute Gasteiger partial charge is 0.256 e. The monoisotopic (exact) mass is 362 g/mol. The quantitative estimate of drug-likeness (QED) is 0.670. The second-order valence-corrected chi connectivity index (χ2v) is 6.69. The number of carbonyl (C=O) groups excluding carboxylic acids is 1. The molecule has 1 amide bonds. The average Bonchev–Trinajstić information content (AvgIpc) is 3.24. The number of carbonyl (C=O) groups is 1. The number of aromatic amines is 1. The molecule has 0 unspecified atom stereocenters. The Morgan fingerprint density at radius 1 is 1.22 bits per heavy atom. The van der Waals surface area contributed by atoms with Crippen LogP contribution in [0.2, 0.25) is 0 Å². The van der Waals surface area contributed by atoms with Gasteiger partial charge in [-0.15, -0.1) is 0 Å². The molecule has 138 valence electrons. The lowest BCUT2D eigenvalue weighted by atomic mass is 10.0. The van der Waals surface area contributed by atoms with Crippen molar-refractivity contribution in [2.75, 3.05) is 12.4 Å². The van der Waals surface area contributed by atoms with E-state index in [2.05, 4.69) is 17.2 Å². The Hall–Kier alpha value is -3.15. The molecule has 0 saturated heterocycles. The van der Waals surface area contributed by atoms with Crippen molar-refractivity contribution in [1.82, 2.24) is 15.0 Å². The SMILES string of the molecule is CCCCc1nc2c3c(ccc2nc1C)NC(=O)C3=Cc1[nH]ccc1OC. The van der Waals surface area contributed by atoms with Crippen LogP contribution >= 0.6 is 0 Å². The number of amides is 1. The Kier molecular flexibility index (Phi) is 4.39. The molecule has 0 bridgehead atoms. The zero-order valence-electron chi connectivity index (χ0n) is 15.7. The molecule has 0 aliphatic carbocycles. The third-order valence-electron chi connectivity index (χ3n) is 4.89. The Balaban J connectivity index is 1.91. The first kappa shape index (κ1) is 17.3. The van der Waals surface area contributed by atoms with Crippen molar-refractivity contribution in [1.29, 1.82) is 0 Å². The van der Waals surface area contributed by atoms with Gasteiger partial charge in [-0.3, -0.25) is 4.79 Å². The number of anilines is 1.